The van der Waals surface area contributed by atoms with Gasteiger partial charge < -0.3 is 15.5 Å². The van der Waals surface area contributed by atoms with Crippen LogP contribution in [0, 0.1) is 22.0 Å². The van der Waals surface area contributed by atoms with Crippen molar-refractivity contribution in [2.75, 3.05) is 38.0 Å². The van der Waals surface area contributed by atoms with Crippen LogP contribution in [0.5, 0.6) is 0 Å². The lowest BCUT2D eigenvalue weighted by Gasteiger charge is -2.18. The second-order valence-corrected chi connectivity index (χ2v) is 5.60. The largest absolute Gasteiger partial charge is 0.371 e. The van der Waals surface area contributed by atoms with E-state index in [2.05, 4.69) is 10.6 Å². The van der Waals surface area contributed by atoms with Gasteiger partial charge in [-0.15, -0.1) is 0 Å². The maximum Gasteiger partial charge on any atom is 0.292 e. The van der Waals surface area contributed by atoms with Crippen molar-refractivity contribution in [3.05, 3.63) is 34.4 Å². The van der Waals surface area contributed by atoms with E-state index in [1.165, 1.54) is 6.07 Å². The number of hydrogen-bond donors (Lipinski definition) is 2. The maximum absolute atomic E-state index is 12.2. The molecule has 2 aliphatic rings. The summed E-state index contributed by atoms with van der Waals surface area (Å²) in [6.45, 7) is 3.62. The van der Waals surface area contributed by atoms with Crippen molar-refractivity contribution in [2.24, 2.45) is 11.8 Å². The van der Waals surface area contributed by atoms with Crippen molar-refractivity contribution in [1.82, 2.24) is 10.2 Å². The van der Waals surface area contributed by atoms with Crippen LogP contribution in [0.15, 0.2) is 24.3 Å². The van der Waals surface area contributed by atoms with Gasteiger partial charge in [-0.3, -0.25) is 14.9 Å². The fraction of sp³-hybridized carbons (Fsp3) is 0.500. The summed E-state index contributed by atoms with van der Waals surface area (Å²) in [5.74, 6) is 1.11. The molecule has 21 heavy (non-hydrogen) atoms. The predicted molar refractivity (Wildman–Crippen MR) is 78.0 cm³/mol. The highest BCUT2D eigenvalue weighted by atomic mass is 16.6. The van der Waals surface area contributed by atoms with E-state index in [4.69, 9.17) is 0 Å². The highest BCUT2D eigenvalue weighted by Gasteiger charge is 2.37. The number of likely N-dealkylation sites (tertiary alicyclic amines) is 1. The molecule has 1 aromatic rings. The third-order valence-electron chi connectivity index (χ3n) is 4.27. The number of carbonyl (C=O) groups excluding carboxylic acids is 1. The molecule has 2 N–H and O–H groups in total. The molecule has 7 nitrogen and oxygen atoms in total. The highest BCUT2D eigenvalue weighted by molar-refractivity contribution is 5.82. The van der Waals surface area contributed by atoms with Crippen molar-refractivity contribution in [3.63, 3.8) is 0 Å². The number of nitro benzene ring substituents is 1. The molecule has 0 aromatic heterocycles. The number of nitrogens with one attached hydrogen (secondary N) is 2. The molecular weight excluding hydrogens is 272 g/mol. The summed E-state index contributed by atoms with van der Waals surface area (Å²) in [5, 5.41) is 17.1. The van der Waals surface area contributed by atoms with E-state index in [-0.39, 0.29) is 18.1 Å². The molecule has 0 spiro atoms. The van der Waals surface area contributed by atoms with Crippen molar-refractivity contribution in [3.8, 4) is 0 Å². The summed E-state index contributed by atoms with van der Waals surface area (Å²) in [4.78, 5) is 24.5. The van der Waals surface area contributed by atoms with Crippen LogP contribution in [0.2, 0.25) is 0 Å². The third kappa shape index (κ3) is 2.82. The summed E-state index contributed by atoms with van der Waals surface area (Å²) >= 11 is 0. The molecular formula is C14H18N4O3. The minimum absolute atomic E-state index is 0.00236. The zero-order chi connectivity index (χ0) is 14.8. The first kappa shape index (κ1) is 13.8. The molecule has 1 aromatic carbocycles. The molecule has 2 fully saturated rings. The molecule has 1 amide bonds. The number of nitro groups is 1. The molecule has 0 unspecified atom stereocenters. The van der Waals surface area contributed by atoms with Crippen molar-refractivity contribution in [1.29, 1.82) is 0 Å². The van der Waals surface area contributed by atoms with Crippen molar-refractivity contribution < 1.29 is 9.72 Å². The van der Waals surface area contributed by atoms with Gasteiger partial charge in [-0.2, -0.15) is 0 Å². The highest BCUT2D eigenvalue weighted by Crippen LogP contribution is 2.27. The van der Waals surface area contributed by atoms with Gasteiger partial charge in [-0.25, -0.2) is 0 Å². The number of rotatable bonds is 4. The van der Waals surface area contributed by atoms with E-state index in [1.54, 1.807) is 18.2 Å². The SMILES string of the molecule is O=C(CNc1ccccc1[N+](=O)[O-])N1C[C@H]2CNC[C@H]2C1. The van der Waals surface area contributed by atoms with Gasteiger partial charge in [-0.05, 0) is 17.9 Å². The Morgan fingerprint density at radius 2 is 2.00 bits per heavy atom. The first-order valence-corrected chi connectivity index (χ1v) is 7.11. The maximum atomic E-state index is 12.2. The first-order chi connectivity index (χ1) is 10.1. The standard InChI is InChI=1S/C14H18N4O3/c19-14(17-8-10-5-15-6-11(10)9-17)7-16-12-3-1-2-4-13(12)18(20)21/h1-4,10-11,15-16H,5-9H2/t10-,11+. The number of hydrogen-bond acceptors (Lipinski definition) is 5. The topological polar surface area (TPSA) is 87.5 Å². The number of fused-ring (bicyclic) bond motifs is 1. The molecule has 0 saturated carbocycles. The molecule has 2 saturated heterocycles. The summed E-state index contributed by atoms with van der Waals surface area (Å²) < 4.78 is 0. The van der Waals surface area contributed by atoms with Gasteiger partial charge in [-0.1, -0.05) is 12.1 Å². The zero-order valence-corrected chi connectivity index (χ0v) is 11.6. The van der Waals surface area contributed by atoms with Crippen molar-refractivity contribution >= 4 is 17.3 Å². The Kier molecular flexibility index (Phi) is 3.74. The molecule has 2 aliphatic heterocycles. The van der Waals surface area contributed by atoms with Gasteiger partial charge in [0.25, 0.3) is 5.69 Å². The molecule has 3 rings (SSSR count). The average molecular weight is 290 g/mol. The first-order valence-electron chi connectivity index (χ1n) is 7.11. The Morgan fingerprint density at radius 1 is 1.33 bits per heavy atom. The predicted octanol–water partition coefficient (Wildman–Crippen LogP) is 0.684. The summed E-state index contributed by atoms with van der Waals surface area (Å²) in [5.41, 5.74) is 0.379. The average Bonchev–Trinajstić information content (AvgIpc) is 3.06. The lowest BCUT2D eigenvalue weighted by Crippen LogP contribution is -2.35. The van der Waals surface area contributed by atoms with Gasteiger partial charge in [0.1, 0.15) is 5.69 Å². The Balaban J connectivity index is 1.58. The van der Waals surface area contributed by atoms with Crippen LogP contribution in [0.3, 0.4) is 0 Å². The number of amides is 1. The van der Waals surface area contributed by atoms with E-state index in [9.17, 15) is 14.9 Å². The Bertz CT molecular complexity index is 551. The van der Waals surface area contributed by atoms with E-state index in [0.29, 0.717) is 17.5 Å². The second-order valence-electron chi connectivity index (χ2n) is 5.60. The summed E-state index contributed by atoms with van der Waals surface area (Å²) in [7, 11) is 0. The Hall–Kier alpha value is -2.15. The molecule has 0 radical (unpaired) electrons. The molecule has 112 valence electrons. The molecule has 7 heteroatoms. The normalized spacial score (nSPS) is 23.9. The van der Waals surface area contributed by atoms with Gasteiger partial charge in [0.05, 0.1) is 11.5 Å². The number of benzene rings is 1. The summed E-state index contributed by atoms with van der Waals surface area (Å²) in [6.07, 6.45) is 0. The molecule has 2 heterocycles. The summed E-state index contributed by atoms with van der Waals surface area (Å²) in [6, 6.07) is 6.37. The van der Waals surface area contributed by atoms with Crippen LogP contribution in [-0.4, -0.2) is 48.5 Å². The smallest absolute Gasteiger partial charge is 0.292 e. The lowest BCUT2D eigenvalue weighted by molar-refractivity contribution is -0.383. The van der Waals surface area contributed by atoms with Gasteiger partial charge in [0, 0.05) is 32.2 Å². The van der Waals surface area contributed by atoms with E-state index in [1.807, 2.05) is 4.90 Å². The Morgan fingerprint density at radius 3 is 2.67 bits per heavy atom. The lowest BCUT2D eigenvalue weighted by atomic mass is 10.0. The van der Waals surface area contributed by atoms with Gasteiger partial charge >= 0.3 is 0 Å². The number of anilines is 1. The van der Waals surface area contributed by atoms with Crippen LogP contribution in [0.1, 0.15) is 0 Å². The van der Waals surface area contributed by atoms with Crippen LogP contribution < -0.4 is 10.6 Å². The van der Waals surface area contributed by atoms with Gasteiger partial charge in [0.15, 0.2) is 0 Å². The van der Waals surface area contributed by atoms with Crippen LogP contribution >= 0.6 is 0 Å². The van der Waals surface area contributed by atoms with Crippen LogP contribution in [0.25, 0.3) is 0 Å². The fourth-order valence-corrected chi connectivity index (χ4v) is 3.12. The van der Waals surface area contributed by atoms with E-state index in [0.717, 1.165) is 26.2 Å². The second kappa shape index (κ2) is 5.69. The minimum atomic E-state index is -0.446. The quantitative estimate of drug-likeness (QED) is 0.629. The van der Waals surface area contributed by atoms with E-state index >= 15 is 0 Å². The van der Waals surface area contributed by atoms with Crippen molar-refractivity contribution in [2.45, 2.75) is 0 Å². The fourth-order valence-electron chi connectivity index (χ4n) is 3.12. The number of para-hydroxylation sites is 2. The third-order valence-corrected chi connectivity index (χ3v) is 4.27. The number of carbonyl (C=O) groups is 1. The number of nitrogens with zero attached hydrogens (tertiary/aromatic N) is 2. The zero-order valence-electron chi connectivity index (χ0n) is 11.6. The van der Waals surface area contributed by atoms with E-state index < -0.39 is 4.92 Å². The monoisotopic (exact) mass is 290 g/mol. The van der Waals surface area contributed by atoms with Crippen LogP contribution in [0.4, 0.5) is 11.4 Å². The van der Waals surface area contributed by atoms with Crippen LogP contribution in [-0.2, 0) is 4.79 Å². The molecule has 0 aliphatic carbocycles. The Labute approximate surface area is 122 Å². The van der Waals surface area contributed by atoms with Gasteiger partial charge in [0.2, 0.25) is 5.91 Å². The minimum Gasteiger partial charge on any atom is -0.371 e. The molecule has 2 atom stereocenters. The molecule has 0 bridgehead atoms.